The van der Waals surface area contributed by atoms with Crippen molar-refractivity contribution in [1.82, 2.24) is 0 Å². The first kappa shape index (κ1) is 83.6. The fourth-order valence-corrected chi connectivity index (χ4v) is 13.5. The molecule has 22 nitrogen and oxygen atoms in total. The van der Waals surface area contributed by atoms with Crippen molar-refractivity contribution in [3.63, 3.8) is 0 Å². The Kier molecular flexibility index (Phi) is 30.0. The van der Waals surface area contributed by atoms with Crippen LogP contribution in [0.1, 0.15) is 129 Å². The Morgan fingerprint density at radius 3 is 1.68 bits per heavy atom. The number of alkyl halides is 3. The number of likely N-dealkylation sites (N-methyl/N-ethyl adjacent to an activating group) is 1. The number of ether oxygens (including phenoxy) is 8. The number of nitriles is 3. The molecule has 1 aliphatic carbocycles. The topological polar surface area (TPSA) is 311 Å². The number of rotatable bonds is 36. The molecule has 8 aromatic rings. The zero-order valence-electron chi connectivity index (χ0n) is 62.4. The lowest BCUT2D eigenvalue weighted by atomic mass is 9.83. The van der Waals surface area contributed by atoms with Crippen molar-refractivity contribution < 1.29 is 88.7 Å². The van der Waals surface area contributed by atoms with E-state index in [4.69, 9.17) is 46.7 Å². The lowest BCUT2D eigenvalue weighted by molar-refractivity contribution is -0.249. The molecule has 0 amide bonds. The molecule has 10 rings (SSSR count). The first-order valence-corrected chi connectivity index (χ1v) is 37.9. The molecule has 0 radical (unpaired) electrons. The molecular weight excluding hydrogens is 1490 g/mol. The Balaban J connectivity index is 0.819. The molecule has 3 heterocycles. The van der Waals surface area contributed by atoms with Gasteiger partial charge in [0.15, 0.2) is 11.3 Å². The normalized spacial score (nSPS) is 15.1. The van der Waals surface area contributed by atoms with Crippen LogP contribution in [0.15, 0.2) is 245 Å². The van der Waals surface area contributed by atoms with Gasteiger partial charge in [0.05, 0.1) is 24.3 Å². The number of carbonyl (C=O) groups excluding carboxylic acids is 6. The van der Waals surface area contributed by atoms with E-state index in [0.29, 0.717) is 47.4 Å². The van der Waals surface area contributed by atoms with E-state index >= 15 is 13.2 Å². The van der Waals surface area contributed by atoms with E-state index in [2.05, 4.69) is 11.8 Å². The van der Waals surface area contributed by atoms with Crippen LogP contribution in [0.25, 0.3) is 28.0 Å². The zero-order chi connectivity index (χ0) is 81.0. The average molecular weight is 1570 g/mol. The summed E-state index contributed by atoms with van der Waals surface area (Å²) in [6.45, 7) is 3.82. The first-order valence-electron chi connectivity index (χ1n) is 36.9. The molecule has 0 saturated carbocycles. The van der Waals surface area contributed by atoms with E-state index in [1.54, 1.807) is 60.7 Å². The summed E-state index contributed by atoms with van der Waals surface area (Å²) in [6, 6.07) is 45.5. The maximum absolute atomic E-state index is 16.0. The van der Waals surface area contributed by atoms with Crippen LogP contribution < -0.4 is 35.1 Å². The Morgan fingerprint density at radius 2 is 1.13 bits per heavy atom. The highest BCUT2D eigenvalue weighted by Crippen LogP contribution is 2.56. The fraction of sp³-hybridized carbons (Fsp3) is 0.284. The van der Waals surface area contributed by atoms with Crippen LogP contribution in [0.4, 0.5) is 18.9 Å². The van der Waals surface area contributed by atoms with Gasteiger partial charge in [-0.1, -0.05) is 99.0 Å². The molecule has 0 N–H and O–H groups in total. The number of benzene rings is 6. The minimum Gasteiger partial charge on any atom is -0.465 e. The predicted octanol–water partition coefficient (Wildman–Crippen LogP) is 17.3. The summed E-state index contributed by atoms with van der Waals surface area (Å²) in [5, 5.41) is 31.7. The van der Waals surface area contributed by atoms with E-state index in [0.717, 1.165) is 60.7 Å². The van der Waals surface area contributed by atoms with Crippen molar-refractivity contribution in [1.29, 1.82) is 15.8 Å². The molecule has 1 aliphatic heterocycles. The number of hydrogen-bond acceptors (Lipinski definition) is 23. The van der Waals surface area contributed by atoms with E-state index in [1.165, 1.54) is 109 Å². The third-order valence-electron chi connectivity index (χ3n) is 18.3. The first-order chi connectivity index (χ1) is 55.1. The number of nitrogens with zero attached hydrogens (tertiary/aromatic N) is 4. The van der Waals surface area contributed by atoms with Crippen LogP contribution in [0.5, 0.6) is 23.0 Å². The van der Waals surface area contributed by atoms with Crippen molar-refractivity contribution in [3.8, 4) is 41.2 Å². The summed E-state index contributed by atoms with van der Waals surface area (Å²) in [5.41, 5.74) is -3.37. The van der Waals surface area contributed by atoms with Gasteiger partial charge in [0.25, 0.3) is 5.60 Å². The molecule has 6 aromatic carbocycles. The molecule has 0 bridgehead atoms. The monoisotopic (exact) mass is 1570 g/mol. The molecule has 26 heteroatoms. The Hall–Kier alpha value is -12.8. The number of thioether (sulfide) groups is 1. The molecule has 0 fully saturated rings. The van der Waals surface area contributed by atoms with Crippen molar-refractivity contribution >= 4 is 81.3 Å². The zero-order valence-corrected chi connectivity index (χ0v) is 63.2. The van der Waals surface area contributed by atoms with Gasteiger partial charge in [-0.05, 0) is 159 Å². The van der Waals surface area contributed by atoms with E-state index < -0.39 is 92.8 Å². The number of allylic oxidation sites excluding steroid dienone is 7. The third kappa shape index (κ3) is 23.2. The lowest BCUT2D eigenvalue weighted by Gasteiger charge is -2.33. The maximum Gasteiger partial charge on any atom is 0.437 e. The smallest absolute Gasteiger partial charge is 0.437 e. The average Bonchev–Trinajstić information content (AvgIpc) is 1.57. The quantitative estimate of drug-likeness (QED) is 0.0116. The molecule has 0 saturated heterocycles. The fourth-order valence-electron chi connectivity index (χ4n) is 12.4. The molecule has 114 heavy (non-hydrogen) atoms. The highest BCUT2D eigenvalue weighted by atomic mass is 32.2. The maximum atomic E-state index is 16.0. The van der Waals surface area contributed by atoms with E-state index in [-0.39, 0.29) is 122 Å². The van der Waals surface area contributed by atoms with Crippen molar-refractivity contribution in [2.45, 2.75) is 109 Å². The second kappa shape index (κ2) is 40.9. The predicted molar refractivity (Wildman–Crippen MR) is 417 cm³/mol. The van der Waals surface area contributed by atoms with Gasteiger partial charge in [0.1, 0.15) is 64.6 Å². The molecular formula is C88H79F3N4O18S. The Morgan fingerprint density at radius 1 is 0.588 bits per heavy atom. The second-order valence-electron chi connectivity index (χ2n) is 26.5. The van der Waals surface area contributed by atoms with Crippen LogP contribution >= 0.6 is 11.8 Å². The number of carbonyl (C=O) groups is 6. The van der Waals surface area contributed by atoms with Gasteiger partial charge in [-0.25, -0.2) is 19.2 Å². The summed E-state index contributed by atoms with van der Waals surface area (Å²) in [4.78, 5) is 105. The summed E-state index contributed by atoms with van der Waals surface area (Å²) >= 11 is 1.30. The SMILES string of the molecule is CCCCCCOCCN(C)c1ccc(/C=C/C2=C(SCCOC(=O)CCCCC(=O)Oc3ccc(C(=O)Oc4ccc5ccc(=O)oc5c4)cc3)C(=C/C=C/C3=C(C#N)C(=C(C#N)C#N)OC3(c3ccccc3)C(F)(F)F)/CC(COC(=O)CCCCC(=O)Oc3ccc(C(=O)Oc4ccc5ccc(=O)oc5c4)cc3)C2)cc1. The molecule has 586 valence electrons. The van der Waals surface area contributed by atoms with Crippen LogP contribution in [-0.4, -0.2) is 87.8 Å². The minimum absolute atomic E-state index is 0.0503. The van der Waals surface area contributed by atoms with Gasteiger partial charge in [0, 0.05) is 114 Å². The second-order valence-corrected chi connectivity index (χ2v) is 27.6. The van der Waals surface area contributed by atoms with Crippen molar-refractivity contribution in [3.05, 3.63) is 270 Å². The van der Waals surface area contributed by atoms with Gasteiger partial charge < -0.3 is 51.6 Å². The standard InChI is InChI=1S/C88H79F3N4O18S/c1-3-4-5-13-46-104-47-45-95(2)68-35-24-58(25-36-68)23-26-65-51-59(57-106-78(97)20-10-12-22-80(99)108-70-39-31-63(32-40-70)86(103)110-72-42-28-61-34-44-82(101)112-76(61)53-72)50-64(15-14-18-74-73(56-94)83(66(54-92)55-93)113-87(74,88(89,90)91)67-16-7-6-8-17-67)84(65)114-49-48-105-77(96)19-9-11-21-79(98)107-69-37-29-62(30-38-69)85(102)109-71-41-27-60-33-43-81(100)111-75(60)52-71/h6-8,14-18,23-44,52-53,59H,3-5,9-13,19-22,45-51,57H2,1-2H3/b18-14+,26-23+,64-15+. The summed E-state index contributed by atoms with van der Waals surface area (Å²) < 4.78 is 103. The van der Waals surface area contributed by atoms with Crippen molar-refractivity contribution in [2.75, 3.05) is 50.7 Å². The van der Waals surface area contributed by atoms with Gasteiger partial charge >= 0.3 is 53.2 Å². The van der Waals surface area contributed by atoms with E-state index in [9.17, 15) is 54.1 Å². The minimum atomic E-state index is -5.27. The Labute approximate surface area is 658 Å². The molecule has 2 aliphatic rings. The van der Waals surface area contributed by atoms with Crippen molar-refractivity contribution in [2.24, 2.45) is 5.92 Å². The number of hydrogen-bond donors (Lipinski definition) is 0. The largest absolute Gasteiger partial charge is 0.465 e. The van der Waals surface area contributed by atoms with Gasteiger partial charge in [-0.2, -0.15) is 29.0 Å². The number of unbranched alkanes of at least 4 members (excludes halogenated alkanes) is 5. The van der Waals surface area contributed by atoms with Gasteiger partial charge in [-0.15, -0.1) is 11.8 Å². The molecule has 0 spiro atoms. The number of halogens is 3. The highest BCUT2D eigenvalue weighted by molar-refractivity contribution is 8.03. The highest BCUT2D eigenvalue weighted by Gasteiger charge is 2.65. The summed E-state index contributed by atoms with van der Waals surface area (Å²) in [6.07, 6.45) is 8.09. The molecule has 2 aromatic heterocycles. The third-order valence-corrected chi connectivity index (χ3v) is 19.5. The summed E-state index contributed by atoms with van der Waals surface area (Å²) in [7, 11) is 1.97. The number of fused-ring (bicyclic) bond motifs is 2. The van der Waals surface area contributed by atoms with E-state index in [1.807, 2.05) is 43.5 Å². The summed E-state index contributed by atoms with van der Waals surface area (Å²) in [5.74, 6) is -4.24. The van der Waals surface area contributed by atoms with Crippen LogP contribution in [-0.2, 0) is 43.7 Å². The molecule has 2 unspecified atom stereocenters. The lowest BCUT2D eigenvalue weighted by Crippen LogP contribution is -2.43. The van der Waals surface area contributed by atoms with Gasteiger partial charge in [-0.3, -0.25) is 19.2 Å². The van der Waals surface area contributed by atoms with Crippen LogP contribution in [0, 0.1) is 39.9 Å². The number of esters is 6. The Bertz CT molecular complexity index is 5260. The van der Waals surface area contributed by atoms with Crippen LogP contribution in [0.2, 0.25) is 0 Å². The number of anilines is 1. The molecule has 2 atom stereocenters. The van der Waals surface area contributed by atoms with Crippen LogP contribution in [0.3, 0.4) is 0 Å². The van der Waals surface area contributed by atoms with Gasteiger partial charge in [0.2, 0.25) is 0 Å².